The highest BCUT2D eigenvalue weighted by Crippen LogP contribution is 2.27. The predicted molar refractivity (Wildman–Crippen MR) is 86.1 cm³/mol. The summed E-state index contributed by atoms with van der Waals surface area (Å²) in [5.41, 5.74) is 2.47. The third-order valence-electron chi connectivity index (χ3n) is 4.38. The monoisotopic (exact) mass is 284 g/mol. The number of hydrogen-bond acceptors (Lipinski definition) is 3. The molecule has 1 fully saturated rings. The number of rotatable bonds is 5. The van der Waals surface area contributed by atoms with E-state index in [0.29, 0.717) is 6.04 Å². The first-order valence-corrected chi connectivity index (χ1v) is 7.77. The van der Waals surface area contributed by atoms with Crippen molar-refractivity contribution in [2.75, 3.05) is 26.7 Å². The number of aromatic nitrogens is 2. The highest BCUT2D eigenvalue weighted by molar-refractivity contribution is 5.55. The summed E-state index contributed by atoms with van der Waals surface area (Å²) in [5.74, 6) is 1.05. The zero-order valence-electron chi connectivity index (χ0n) is 12.9. The van der Waals surface area contributed by atoms with E-state index in [1.54, 1.807) is 0 Å². The molecule has 1 saturated heterocycles. The second-order valence-corrected chi connectivity index (χ2v) is 5.75. The van der Waals surface area contributed by atoms with Crippen LogP contribution in [0.25, 0.3) is 11.4 Å². The molecule has 1 aliphatic heterocycles. The second kappa shape index (κ2) is 6.41. The molecule has 4 nitrogen and oxygen atoms in total. The van der Waals surface area contributed by atoms with Gasteiger partial charge < -0.3 is 9.88 Å². The minimum atomic E-state index is 0.410. The molecule has 112 valence electrons. The van der Waals surface area contributed by atoms with Crippen molar-refractivity contribution in [2.45, 2.75) is 18.9 Å². The van der Waals surface area contributed by atoms with Crippen LogP contribution in [0.1, 0.15) is 24.6 Å². The molecule has 1 aromatic carbocycles. The van der Waals surface area contributed by atoms with Crippen molar-refractivity contribution < 1.29 is 0 Å². The Morgan fingerprint density at radius 1 is 1.19 bits per heavy atom. The number of hydrogen-bond donors (Lipinski definition) is 1. The quantitative estimate of drug-likeness (QED) is 0.915. The van der Waals surface area contributed by atoms with Crippen molar-refractivity contribution in [3.05, 3.63) is 42.2 Å². The molecule has 21 heavy (non-hydrogen) atoms. The number of benzene rings is 1. The Bertz CT molecular complexity index is 570. The van der Waals surface area contributed by atoms with Crippen LogP contribution in [0.4, 0.5) is 0 Å². The largest absolute Gasteiger partial charge is 0.330 e. The third-order valence-corrected chi connectivity index (χ3v) is 4.38. The molecule has 1 aliphatic rings. The molecule has 0 amide bonds. The number of nitrogens with one attached hydrogen (secondary N) is 1. The van der Waals surface area contributed by atoms with Crippen LogP contribution in [0.5, 0.6) is 0 Å². The lowest BCUT2D eigenvalue weighted by Crippen LogP contribution is -2.34. The molecular weight excluding hydrogens is 260 g/mol. The fourth-order valence-electron chi connectivity index (χ4n) is 3.26. The first kappa shape index (κ1) is 14.3. The average molecular weight is 284 g/mol. The van der Waals surface area contributed by atoms with E-state index < -0.39 is 0 Å². The van der Waals surface area contributed by atoms with Gasteiger partial charge in [0, 0.05) is 19.2 Å². The number of nitrogens with zero attached hydrogens (tertiary/aromatic N) is 3. The van der Waals surface area contributed by atoms with Crippen LogP contribution < -0.4 is 5.32 Å². The van der Waals surface area contributed by atoms with Crippen molar-refractivity contribution in [3.63, 3.8) is 0 Å². The molecular formula is C17H24N4. The van der Waals surface area contributed by atoms with E-state index in [1.165, 1.54) is 37.2 Å². The molecule has 2 heterocycles. The highest BCUT2D eigenvalue weighted by Gasteiger charge is 2.26. The van der Waals surface area contributed by atoms with Gasteiger partial charge in [-0.3, -0.25) is 4.90 Å². The molecule has 0 bridgehead atoms. The van der Waals surface area contributed by atoms with E-state index in [4.69, 9.17) is 0 Å². The highest BCUT2D eigenvalue weighted by atomic mass is 15.2. The van der Waals surface area contributed by atoms with Gasteiger partial charge in [0.05, 0.1) is 17.9 Å². The minimum absolute atomic E-state index is 0.410. The van der Waals surface area contributed by atoms with Crippen molar-refractivity contribution in [1.29, 1.82) is 0 Å². The Labute approximate surface area is 126 Å². The lowest BCUT2D eigenvalue weighted by Gasteiger charge is -2.27. The third kappa shape index (κ3) is 2.87. The number of imidazole rings is 1. The van der Waals surface area contributed by atoms with Gasteiger partial charge >= 0.3 is 0 Å². The van der Waals surface area contributed by atoms with Gasteiger partial charge in [-0.2, -0.15) is 0 Å². The maximum Gasteiger partial charge on any atom is 0.139 e. The van der Waals surface area contributed by atoms with Gasteiger partial charge in [0.15, 0.2) is 0 Å². The summed E-state index contributed by atoms with van der Waals surface area (Å²) in [6, 6.07) is 10.8. The topological polar surface area (TPSA) is 33.1 Å². The van der Waals surface area contributed by atoms with Gasteiger partial charge in [-0.1, -0.05) is 30.3 Å². The van der Waals surface area contributed by atoms with Crippen molar-refractivity contribution in [1.82, 2.24) is 19.8 Å². The Morgan fingerprint density at radius 2 is 1.90 bits per heavy atom. The Balaban J connectivity index is 1.92. The molecule has 1 atom stereocenters. The molecule has 4 heteroatoms. The van der Waals surface area contributed by atoms with Crippen LogP contribution in [0.15, 0.2) is 36.5 Å². The first-order valence-electron chi connectivity index (χ1n) is 7.77. The summed E-state index contributed by atoms with van der Waals surface area (Å²) < 4.78 is 2.25. The summed E-state index contributed by atoms with van der Waals surface area (Å²) in [6.07, 6.45) is 4.66. The Kier molecular flexibility index (Phi) is 4.36. The molecule has 1 aromatic heterocycles. The zero-order valence-corrected chi connectivity index (χ0v) is 12.9. The Hall–Kier alpha value is -1.65. The molecule has 0 radical (unpaired) electrons. The Morgan fingerprint density at radius 3 is 2.57 bits per heavy atom. The van der Waals surface area contributed by atoms with Crippen LogP contribution >= 0.6 is 0 Å². The first-order chi connectivity index (χ1) is 10.3. The summed E-state index contributed by atoms with van der Waals surface area (Å²) >= 11 is 0. The summed E-state index contributed by atoms with van der Waals surface area (Å²) in [7, 11) is 4.15. The van der Waals surface area contributed by atoms with E-state index in [-0.39, 0.29) is 0 Å². The second-order valence-electron chi connectivity index (χ2n) is 5.75. The molecule has 2 aromatic rings. The van der Waals surface area contributed by atoms with Crippen molar-refractivity contribution >= 4 is 0 Å². The number of likely N-dealkylation sites (tertiary alicyclic amines) is 1. The van der Waals surface area contributed by atoms with Crippen molar-refractivity contribution in [3.8, 4) is 11.4 Å². The number of likely N-dealkylation sites (N-methyl/N-ethyl adjacent to an activating group) is 1. The SMILES string of the molecule is CNCC(c1cnc(-c2ccccc2)n1C)N1CCCC1. The van der Waals surface area contributed by atoms with Gasteiger partial charge in [0.2, 0.25) is 0 Å². The molecule has 1 N–H and O–H groups in total. The van der Waals surface area contributed by atoms with E-state index in [9.17, 15) is 0 Å². The maximum absolute atomic E-state index is 4.67. The molecule has 3 rings (SSSR count). The van der Waals surface area contributed by atoms with E-state index in [0.717, 1.165) is 12.4 Å². The van der Waals surface area contributed by atoms with E-state index in [1.807, 2.05) is 19.3 Å². The van der Waals surface area contributed by atoms with Crippen LogP contribution in [0, 0.1) is 0 Å². The van der Waals surface area contributed by atoms with Gasteiger partial charge in [-0.05, 0) is 33.0 Å². The van der Waals surface area contributed by atoms with Gasteiger partial charge in [0.25, 0.3) is 0 Å². The standard InChI is InChI=1S/C17H24N4/c1-18-12-16(21-10-6-7-11-21)15-13-19-17(20(15)2)14-8-4-3-5-9-14/h3-5,8-9,13,16,18H,6-7,10-12H2,1-2H3. The molecule has 0 aliphatic carbocycles. The lowest BCUT2D eigenvalue weighted by atomic mass is 10.2. The summed E-state index contributed by atoms with van der Waals surface area (Å²) in [5, 5.41) is 3.34. The van der Waals surface area contributed by atoms with Crippen LogP contribution in [-0.4, -0.2) is 41.1 Å². The molecule has 1 unspecified atom stereocenters. The van der Waals surface area contributed by atoms with Gasteiger partial charge in [0.1, 0.15) is 5.82 Å². The minimum Gasteiger partial charge on any atom is -0.330 e. The van der Waals surface area contributed by atoms with Crippen LogP contribution in [0.2, 0.25) is 0 Å². The fraction of sp³-hybridized carbons (Fsp3) is 0.471. The maximum atomic E-state index is 4.67. The summed E-state index contributed by atoms with van der Waals surface area (Å²) in [6.45, 7) is 3.35. The zero-order chi connectivity index (χ0) is 14.7. The smallest absolute Gasteiger partial charge is 0.139 e. The molecule has 0 saturated carbocycles. The van der Waals surface area contributed by atoms with Crippen LogP contribution in [0.3, 0.4) is 0 Å². The van der Waals surface area contributed by atoms with Gasteiger partial charge in [-0.15, -0.1) is 0 Å². The van der Waals surface area contributed by atoms with E-state index >= 15 is 0 Å². The summed E-state index contributed by atoms with van der Waals surface area (Å²) in [4.78, 5) is 7.24. The van der Waals surface area contributed by atoms with Crippen molar-refractivity contribution in [2.24, 2.45) is 7.05 Å². The lowest BCUT2D eigenvalue weighted by molar-refractivity contribution is 0.234. The predicted octanol–water partition coefficient (Wildman–Crippen LogP) is 2.44. The fourth-order valence-corrected chi connectivity index (χ4v) is 3.26. The molecule has 0 spiro atoms. The van der Waals surface area contributed by atoms with E-state index in [2.05, 4.69) is 51.1 Å². The van der Waals surface area contributed by atoms with Crippen LogP contribution in [-0.2, 0) is 7.05 Å². The average Bonchev–Trinajstić information content (AvgIpc) is 3.16. The van der Waals surface area contributed by atoms with Gasteiger partial charge in [-0.25, -0.2) is 4.98 Å². The normalized spacial score (nSPS) is 17.2.